The maximum absolute atomic E-state index is 12.9. The molecule has 2 aromatic rings. The zero-order valence-electron chi connectivity index (χ0n) is 17.6. The van der Waals surface area contributed by atoms with Crippen molar-refractivity contribution in [3.8, 4) is 5.75 Å². The fraction of sp³-hybridized carbons (Fsp3) is 0.458. The largest absolute Gasteiger partial charge is 0.489 e. The van der Waals surface area contributed by atoms with Crippen LogP contribution >= 0.6 is 11.6 Å². The molecule has 1 atom stereocenters. The Morgan fingerprint density at radius 2 is 2.00 bits per heavy atom. The van der Waals surface area contributed by atoms with Gasteiger partial charge in [0.25, 0.3) is 0 Å². The first-order valence-corrected chi connectivity index (χ1v) is 11.3. The highest BCUT2D eigenvalue weighted by atomic mass is 35.5. The van der Waals surface area contributed by atoms with Crippen molar-refractivity contribution in [1.29, 1.82) is 0 Å². The molecule has 2 aliphatic rings. The molecule has 4 rings (SSSR count). The number of ether oxygens (including phenoxy) is 1. The number of benzene rings is 1. The summed E-state index contributed by atoms with van der Waals surface area (Å²) in [7, 11) is 0. The van der Waals surface area contributed by atoms with Crippen molar-refractivity contribution in [2.24, 2.45) is 0 Å². The van der Waals surface area contributed by atoms with Gasteiger partial charge in [0.1, 0.15) is 11.9 Å². The Hall–Kier alpha value is -2.60. The predicted molar refractivity (Wildman–Crippen MR) is 119 cm³/mol. The number of hydrogen-bond acceptors (Lipinski definition) is 4. The van der Waals surface area contributed by atoms with Crippen molar-refractivity contribution >= 4 is 23.4 Å². The molecule has 1 aromatic heterocycles. The molecule has 0 unspecified atom stereocenters. The topological polar surface area (TPSA) is 71.5 Å². The number of hydrogen-bond donors (Lipinski definition) is 1. The minimum absolute atomic E-state index is 0.0646. The van der Waals surface area contributed by atoms with Crippen LogP contribution in [0.2, 0.25) is 5.02 Å². The Balaban J connectivity index is 1.29. The molecule has 2 saturated heterocycles. The van der Waals surface area contributed by atoms with Gasteiger partial charge >= 0.3 is 0 Å². The Labute approximate surface area is 187 Å². The molecule has 0 saturated carbocycles. The summed E-state index contributed by atoms with van der Waals surface area (Å²) >= 11 is 6.00. The van der Waals surface area contributed by atoms with Gasteiger partial charge in [0, 0.05) is 55.5 Å². The number of pyridine rings is 1. The van der Waals surface area contributed by atoms with E-state index in [1.807, 2.05) is 41.3 Å². The van der Waals surface area contributed by atoms with Crippen molar-refractivity contribution in [1.82, 2.24) is 15.2 Å². The van der Waals surface area contributed by atoms with E-state index in [1.165, 1.54) is 0 Å². The lowest BCUT2D eigenvalue weighted by atomic mass is 9.85. The molecular weight excluding hydrogens is 414 g/mol. The molecule has 0 aliphatic carbocycles. The summed E-state index contributed by atoms with van der Waals surface area (Å²) in [5, 5.41) is 3.85. The third kappa shape index (κ3) is 5.76. The van der Waals surface area contributed by atoms with E-state index in [9.17, 15) is 9.59 Å². The summed E-state index contributed by atoms with van der Waals surface area (Å²) in [6.07, 6.45) is 8.23. The number of rotatable bonds is 7. The third-order valence-corrected chi connectivity index (χ3v) is 6.49. The van der Waals surface area contributed by atoms with E-state index in [1.54, 1.807) is 12.4 Å². The zero-order chi connectivity index (χ0) is 21.7. The van der Waals surface area contributed by atoms with Gasteiger partial charge in [0.05, 0.1) is 6.20 Å². The van der Waals surface area contributed by atoms with Crippen molar-refractivity contribution in [2.75, 3.05) is 13.1 Å². The van der Waals surface area contributed by atoms with Crippen LogP contribution in [0.25, 0.3) is 0 Å². The number of carbonyl (C=O) groups excluding carboxylic acids is 2. The highest BCUT2D eigenvalue weighted by Gasteiger charge is 2.38. The van der Waals surface area contributed by atoms with E-state index in [0.717, 1.165) is 30.6 Å². The minimum atomic E-state index is -0.359. The van der Waals surface area contributed by atoms with Crippen LogP contribution in [0.5, 0.6) is 5.75 Å². The molecule has 1 N–H and O–H groups in total. The van der Waals surface area contributed by atoms with E-state index < -0.39 is 0 Å². The minimum Gasteiger partial charge on any atom is -0.489 e. The van der Waals surface area contributed by atoms with Crippen molar-refractivity contribution in [2.45, 2.75) is 56.6 Å². The van der Waals surface area contributed by atoms with Crippen LogP contribution in [-0.2, 0) is 16.0 Å². The van der Waals surface area contributed by atoms with Crippen LogP contribution in [0, 0.1) is 0 Å². The van der Waals surface area contributed by atoms with E-state index in [4.69, 9.17) is 16.3 Å². The SMILES string of the molecule is O=C1CC[C@@](CCC(=O)N2CCC(Oc3cccnc3)CC2)(Cc2ccc(Cl)cc2)N1. The van der Waals surface area contributed by atoms with Gasteiger partial charge in [-0.15, -0.1) is 0 Å². The Bertz CT molecular complexity index is 898. The fourth-order valence-corrected chi connectivity index (χ4v) is 4.64. The summed E-state index contributed by atoms with van der Waals surface area (Å²) in [4.78, 5) is 30.9. The van der Waals surface area contributed by atoms with Crippen LogP contribution in [0.3, 0.4) is 0 Å². The molecule has 0 bridgehead atoms. The van der Waals surface area contributed by atoms with Gasteiger partial charge in [-0.3, -0.25) is 14.6 Å². The first-order chi connectivity index (χ1) is 15.0. The maximum Gasteiger partial charge on any atom is 0.222 e. The fourth-order valence-electron chi connectivity index (χ4n) is 4.51. The van der Waals surface area contributed by atoms with Crippen LogP contribution < -0.4 is 10.1 Å². The maximum atomic E-state index is 12.9. The summed E-state index contributed by atoms with van der Waals surface area (Å²) < 4.78 is 5.97. The predicted octanol–water partition coefficient (Wildman–Crippen LogP) is 3.78. The quantitative estimate of drug-likeness (QED) is 0.709. The molecule has 0 radical (unpaired) electrons. The van der Waals surface area contributed by atoms with Crippen LogP contribution in [0.15, 0.2) is 48.8 Å². The van der Waals surface area contributed by atoms with E-state index in [-0.39, 0.29) is 23.5 Å². The number of nitrogens with one attached hydrogen (secondary N) is 1. The second kappa shape index (κ2) is 9.69. The van der Waals surface area contributed by atoms with Crippen LogP contribution in [0.4, 0.5) is 0 Å². The molecule has 2 aliphatic heterocycles. The van der Waals surface area contributed by atoms with Crippen LogP contribution in [0.1, 0.15) is 44.1 Å². The molecule has 6 nitrogen and oxygen atoms in total. The first-order valence-electron chi connectivity index (χ1n) is 10.9. The molecule has 0 spiro atoms. The first kappa shape index (κ1) is 21.6. The molecule has 31 heavy (non-hydrogen) atoms. The van der Waals surface area contributed by atoms with Crippen molar-refractivity contribution in [3.05, 3.63) is 59.4 Å². The number of carbonyl (C=O) groups is 2. The van der Waals surface area contributed by atoms with Gasteiger partial charge in [-0.05, 0) is 49.1 Å². The van der Waals surface area contributed by atoms with Gasteiger partial charge in [-0.1, -0.05) is 23.7 Å². The molecule has 3 heterocycles. The van der Waals surface area contributed by atoms with Gasteiger partial charge in [-0.25, -0.2) is 0 Å². The number of likely N-dealkylation sites (tertiary alicyclic amines) is 1. The van der Waals surface area contributed by atoms with Gasteiger partial charge < -0.3 is 15.0 Å². The monoisotopic (exact) mass is 441 g/mol. The highest BCUT2D eigenvalue weighted by molar-refractivity contribution is 6.30. The number of nitrogens with zero attached hydrogens (tertiary/aromatic N) is 2. The summed E-state index contributed by atoms with van der Waals surface area (Å²) in [6.45, 7) is 1.39. The smallest absolute Gasteiger partial charge is 0.222 e. The number of aromatic nitrogens is 1. The van der Waals surface area contributed by atoms with Crippen LogP contribution in [-0.4, -0.2) is 46.4 Å². The summed E-state index contributed by atoms with van der Waals surface area (Å²) in [6, 6.07) is 11.5. The van der Waals surface area contributed by atoms with Gasteiger partial charge in [-0.2, -0.15) is 0 Å². The van der Waals surface area contributed by atoms with E-state index in [2.05, 4.69) is 10.3 Å². The summed E-state index contributed by atoms with van der Waals surface area (Å²) in [5.74, 6) is 0.986. The van der Waals surface area contributed by atoms with E-state index >= 15 is 0 Å². The van der Waals surface area contributed by atoms with E-state index in [0.29, 0.717) is 43.8 Å². The average molecular weight is 442 g/mol. The lowest BCUT2D eigenvalue weighted by Crippen LogP contribution is -2.46. The molecule has 2 amide bonds. The van der Waals surface area contributed by atoms with Crippen molar-refractivity contribution in [3.63, 3.8) is 0 Å². The normalized spacial score (nSPS) is 21.7. The molecule has 1 aromatic carbocycles. The number of amides is 2. The Kier molecular flexibility index (Phi) is 6.76. The molecule has 7 heteroatoms. The molecule has 164 valence electrons. The molecular formula is C24H28ClN3O3. The standard InChI is InChI=1S/C24H28ClN3O3/c25-19-5-3-18(4-6-19)16-24(11-7-22(29)27-24)12-8-23(30)28-14-9-20(10-15-28)31-21-2-1-13-26-17-21/h1-6,13,17,20H,7-12,14-16H2,(H,27,29)/t24-/m1/s1. The second-order valence-corrected chi connectivity index (χ2v) is 8.95. The highest BCUT2D eigenvalue weighted by Crippen LogP contribution is 2.30. The number of halogens is 1. The Morgan fingerprint density at radius 1 is 1.23 bits per heavy atom. The Morgan fingerprint density at radius 3 is 2.65 bits per heavy atom. The summed E-state index contributed by atoms with van der Waals surface area (Å²) in [5.41, 5.74) is 0.759. The van der Waals surface area contributed by atoms with Gasteiger partial charge in [0.15, 0.2) is 0 Å². The lowest BCUT2D eigenvalue weighted by molar-refractivity contribution is -0.133. The lowest BCUT2D eigenvalue weighted by Gasteiger charge is -2.34. The number of piperidine rings is 1. The third-order valence-electron chi connectivity index (χ3n) is 6.24. The molecule has 2 fully saturated rings. The van der Waals surface area contributed by atoms with Crippen molar-refractivity contribution < 1.29 is 14.3 Å². The average Bonchev–Trinajstić information content (AvgIpc) is 3.15. The zero-order valence-corrected chi connectivity index (χ0v) is 18.3. The van der Waals surface area contributed by atoms with Gasteiger partial charge in [0.2, 0.25) is 11.8 Å². The second-order valence-electron chi connectivity index (χ2n) is 8.52.